The second-order valence-electron chi connectivity index (χ2n) is 5.90. The average Bonchev–Trinajstić information content (AvgIpc) is 2.60. The number of carbonyl (C=O) groups is 3. The van der Waals surface area contributed by atoms with Gasteiger partial charge in [0, 0.05) is 18.1 Å². The highest BCUT2D eigenvalue weighted by atomic mass is 16.4. The number of nitriles is 1. The molecule has 0 aliphatic carbocycles. The Labute approximate surface area is 155 Å². The third-order valence-electron chi connectivity index (χ3n) is 3.89. The molecule has 0 atom stereocenters. The fourth-order valence-electron chi connectivity index (χ4n) is 2.57. The van der Waals surface area contributed by atoms with Crippen LogP contribution < -0.4 is 5.32 Å². The van der Waals surface area contributed by atoms with Gasteiger partial charge >= 0.3 is 5.97 Å². The first-order valence-corrected chi connectivity index (χ1v) is 8.01. The number of anilines is 1. The van der Waals surface area contributed by atoms with Crippen molar-refractivity contribution in [1.29, 1.82) is 5.26 Å². The normalized spacial score (nSPS) is 10.1. The number of ketones is 1. The summed E-state index contributed by atoms with van der Waals surface area (Å²) in [5.41, 5.74) is 1.21. The molecule has 0 saturated heterocycles. The summed E-state index contributed by atoms with van der Waals surface area (Å²) in [5, 5.41) is 30.4. The standard InChI is InChI=1S/C19H17N3O5/c1-10-4-3-5-11(2)16(10)19(27)22-14-8-12(9-20)18(26)17(21-14)13(23)6-7-15(24)25/h3-5,8,26H,6-7H2,1-2H3,(H,24,25)(H,21,22,27). The number of rotatable bonds is 6. The van der Waals surface area contributed by atoms with Crippen molar-refractivity contribution in [1.82, 2.24) is 4.98 Å². The maximum Gasteiger partial charge on any atom is 0.303 e. The summed E-state index contributed by atoms with van der Waals surface area (Å²) in [5.74, 6) is -3.12. The van der Waals surface area contributed by atoms with Crippen LogP contribution in [-0.2, 0) is 4.79 Å². The molecule has 1 aromatic heterocycles. The van der Waals surface area contributed by atoms with Gasteiger partial charge in [-0.05, 0) is 25.0 Å². The van der Waals surface area contributed by atoms with E-state index in [0.29, 0.717) is 5.56 Å². The van der Waals surface area contributed by atoms with Gasteiger partial charge in [0.25, 0.3) is 5.91 Å². The molecule has 0 radical (unpaired) electrons. The third kappa shape index (κ3) is 4.46. The number of hydrogen-bond acceptors (Lipinski definition) is 6. The monoisotopic (exact) mass is 367 g/mol. The fraction of sp³-hybridized carbons (Fsp3) is 0.211. The Hall–Kier alpha value is -3.73. The Morgan fingerprint density at radius 2 is 1.81 bits per heavy atom. The maximum atomic E-state index is 12.6. The zero-order chi connectivity index (χ0) is 20.1. The SMILES string of the molecule is Cc1cccc(C)c1C(=O)Nc1cc(C#N)c(O)c(C(=O)CCC(=O)O)n1. The molecule has 8 nitrogen and oxygen atoms in total. The molecule has 1 heterocycles. The number of carbonyl (C=O) groups excluding carboxylic acids is 2. The molecular formula is C19H17N3O5. The zero-order valence-corrected chi connectivity index (χ0v) is 14.7. The molecule has 8 heteroatoms. The van der Waals surface area contributed by atoms with Crippen molar-refractivity contribution in [3.63, 3.8) is 0 Å². The second-order valence-corrected chi connectivity index (χ2v) is 5.90. The van der Waals surface area contributed by atoms with Gasteiger partial charge in [-0.1, -0.05) is 18.2 Å². The minimum Gasteiger partial charge on any atom is -0.504 e. The summed E-state index contributed by atoms with van der Waals surface area (Å²) < 4.78 is 0. The Bertz CT molecular complexity index is 956. The van der Waals surface area contributed by atoms with E-state index in [9.17, 15) is 19.5 Å². The number of nitrogens with one attached hydrogen (secondary N) is 1. The number of hydrogen-bond donors (Lipinski definition) is 3. The lowest BCUT2D eigenvalue weighted by atomic mass is 10.0. The Balaban J connectivity index is 2.39. The topological polar surface area (TPSA) is 140 Å². The molecule has 0 saturated carbocycles. The molecular weight excluding hydrogens is 350 g/mol. The lowest BCUT2D eigenvalue weighted by Gasteiger charge is -2.12. The van der Waals surface area contributed by atoms with Crippen molar-refractivity contribution >= 4 is 23.5 Å². The number of carboxylic acids is 1. The smallest absolute Gasteiger partial charge is 0.303 e. The number of aromatic hydroxyl groups is 1. The van der Waals surface area contributed by atoms with E-state index >= 15 is 0 Å². The predicted octanol–water partition coefficient (Wildman–Crippen LogP) is 2.58. The van der Waals surface area contributed by atoms with Gasteiger partial charge in [0.1, 0.15) is 11.9 Å². The number of benzene rings is 1. The number of amides is 1. The van der Waals surface area contributed by atoms with Gasteiger partial charge in [-0.2, -0.15) is 5.26 Å². The van der Waals surface area contributed by atoms with E-state index in [1.165, 1.54) is 0 Å². The van der Waals surface area contributed by atoms with Crippen LogP contribution in [0.5, 0.6) is 5.75 Å². The van der Waals surface area contributed by atoms with Crippen LogP contribution in [0.4, 0.5) is 5.82 Å². The molecule has 0 fully saturated rings. The largest absolute Gasteiger partial charge is 0.504 e. The van der Waals surface area contributed by atoms with Crippen LogP contribution >= 0.6 is 0 Å². The van der Waals surface area contributed by atoms with Crippen LogP contribution in [0.2, 0.25) is 0 Å². The lowest BCUT2D eigenvalue weighted by Crippen LogP contribution is -2.17. The van der Waals surface area contributed by atoms with E-state index < -0.39 is 41.9 Å². The second kappa shape index (κ2) is 8.10. The molecule has 0 bridgehead atoms. The number of aryl methyl sites for hydroxylation is 2. The third-order valence-corrected chi connectivity index (χ3v) is 3.89. The lowest BCUT2D eigenvalue weighted by molar-refractivity contribution is -0.136. The molecule has 0 aliphatic rings. The van der Waals surface area contributed by atoms with E-state index in [2.05, 4.69) is 10.3 Å². The summed E-state index contributed by atoms with van der Waals surface area (Å²) in [6.07, 6.45) is -0.837. The molecule has 3 N–H and O–H groups in total. The number of aliphatic carboxylic acids is 1. The van der Waals surface area contributed by atoms with Crippen LogP contribution in [0.25, 0.3) is 0 Å². The molecule has 1 amide bonds. The van der Waals surface area contributed by atoms with Crippen LogP contribution in [0.3, 0.4) is 0 Å². The highest BCUT2D eigenvalue weighted by molar-refractivity contribution is 6.06. The molecule has 0 aliphatic heterocycles. The number of pyridine rings is 1. The molecule has 2 aromatic rings. The summed E-state index contributed by atoms with van der Waals surface area (Å²) in [6, 6.07) is 8.23. The van der Waals surface area contributed by atoms with E-state index in [-0.39, 0.29) is 11.4 Å². The minimum atomic E-state index is -1.18. The maximum absolute atomic E-state index is 12.6. The first-order valence-electron chi connectivity index (χ1n) is 8.01. The molecule has 2 rings (SSSR count). The summed E-state index contributed by atoms with van der Waals surface area (Å²) in [6.45, 7) is 3.54. The summed E-state index contributed by atoms with van der Waals surface area (Å²) in [4.78, 5) is 39.3. The van der Waals surface area contributed by atoms with Gasteiger partial charge in [-0.3, -0.25) is 14.4 Å². The van der Waals surface area contributed by atoms with E-state index in [4.69, 9.17) is 10.4 Å². The number of Topliss-reactive ketones (excluding diaryl/α,β-unsaturated/α-hetero) is 1. The van der Waals surface area contributed by atoms with Crippen LogP contribution in [0.1, 0.15) is 50.4 Å². The van der Waals surface area contributed by atoms with Gasteiger partial charge in [0.05, 0.1) is 12.0 Å². The highest BCUT2D eigenvalue weighted by Crippen LogP contribution is 2.26. The Morgan fingerprint density at radius 1 is 1.19 bits per heavy atom. The van der Waals surface area contributed by atoms with Gasteiger partial charge in [-0.15, -0.1) is 0 Å². The predicted molar refractivity (Wildman–Crippen MR) is 95.7 cm³/mol. The van der Waals surface area contributed by atoms with Crippen molar-refractivity contribution in [2.75, 3.05) is 5.32 Å². The van der Waals surface area contributed by atoms with Crippen molar-refractivity contribution in [3.05, 3.63) is 52.2 Å². The summed E-state index contributed by atoms with van der Waals surface area (Å²) >= 11 is 0. The van der Waals surface area contributed by atoms with Gasteiger partial charge < -0.3 is 15.5 Å². The Morgan fingerprint density at radius 3 is 2.37 bits per heavy atom. The van der Waals surface area contributed by atoms with Crippen LogP contribution in [0, 0.1) is 25.2 Å². The summed E-state index contributed by atoms with van der Waals surface area (Å²) in [7, 11) is 0. The van der Waals surface area contributed by atoms with Crippen molar-refractivity contribution < 1.29 is 24.6 Å². The quantitative estimate of drug-likeness (QED) is 0.666. The van der Waals surface area contributed by atoms with E-state index in [1.807, 2.05) is 6.07 Å². The minimum absolute atomic E-state index is 0.0873. The van der Waals surface area contributed by atoms with Crippen LogP contribution in [-0.4, -0.2) is 32.9 Å². The number of nitrogens with zero attached hydrogens (tertiary/aromatic N) is 2. The van der Waals surface area contributed by atoms with Gasteiger partial charge in [0.15, 0.2) is 17.2 Å². The Kier molecular flexibility index (Phi) is 5.88. The van der Waals surface area contributed by atoms with E-state index in [0.717, 1.165) is 17.2 Å². The number of aromatic nitrogens is 1. The van der Waals surface area contributed by atoms with Crippen molar-refractivity contribution in [2.24, 2.45) is 0 Å². The van der Waals surface area contributed by atoms with Gasteiger partial charge in [-0.25, -0.2) is 4.98 Å². The van der Waals surface area contributed by atoms with Crippen molar-refractivity contribution in [3.8, 4) is 11.8 Å². The first kappa shape index (κ1) is 19.6. The highest BCUT2D eigenvalue weighted by Gasteiger charge is 2.21. The molecule has 27 heavy (non-hydrogen) atoms. The van der Waals surface area contributed by atoms with Crippen LogP contribution in [0.15, 0.2) is 24.3 Å². The van der Waals surface area contributed by atoms with Crippen molar-refractivity contribution in [2.45, 2.75) is 26.7 Å². The zero-order valence-electron chi connectivity index (χ0n) is 14.7. The molecule has 138 valence electrons. The fourth-order valence-corrected chi connectivity index (χ4v) is 2.57. The van der Waals surface area contributed by atoms with Gasteiger partial charge in [0.2, 0.25) is 0 Å². The molecule has 0 unspecified atom stereocenters. The molecule has 0 spiro atoms. The van der Waals surface area contributed by atoms with E-state index in [1.54, 1.807) is 32.0 Å². The average molecular weight is 367 g/mol. The first-order chi connectivity index (χ1) is 12.7. The number of carboxylic acid groups (broad SMARTS) is 1. The molecule has 1 aromatic carbocycles.